The molecule has 0 bridgehead atoms. The van der Waals surface area contributed by atoms with Crippen molar-refractivity contribution in [1.82, 2.24) is 19.1 Å². The van der Waals surface area contributed by atoms with E-state index in [0.29, 0.717) is 16.5 Å². The summed E-state index contributed by atoms with van der Waals surface area (Å²) in [5.74, 6) is -0.452. The molecule has 170 valence electrons. The number of nitrogens with one attached hydrogen (secondary N) is 1. The maximum Gasteiger partial charge on any atom is 0.244 e. The Labute approximate surface area is 194 Å². The van der Waals surface area contributed by atoms with Crippen LogP contribution in [0.15, 0.2) is 52.5 Å². The average Bonchev–Trinajstić information content (AvgIpc) is 3.09. The Balaban J connectivity index is 1.76. The zero-order valence-electron chi connectivity index (χ0n) is 17.7. The Hall–Kier alpha value is -2.47. The molecule has 0 aliphatic carbocycles. The number of aromatic nitrogens is 3. The number of thioether (sulfide) groups is 1. The summed E-state index contributed by atoms with van der Waals surface area (Å²) in [6.07, 6.45) is 0. The van der Waals surface area contributed by atoms with Crippen molar-refractivity contribution >= 4 is 45.0 Å². The molecule has 32 heavy (non-hydrogen) atoms. The van der Waals surface area contributed by atoms with Gasteiger partial charge in [-0.1, -0.05) is 35.5 Å². The van der Waals surface area contributed by atoms with Crippen LogP contribution in [0.3, 0.4) is 0 Å². The summed E-state index contributed by atoms with van der Waals surface area (Å²) in [6, 6.07) is 10.5. The molecule has 1 unspecified atom stereocenters. The third kappa shape index (κ3) is 4.96. The van der Waals surface area contributed by atoms with E-state index in [9.17, 15) is 17.6 Å². The first kappa shape index (κ1) is 24.2. The Kier molecular flexibility index (Phi) is 7.23. The summed E-state index contributed by atoms with van der Waals surface area (Å²) in [6.45, 7) is 1.67. The molecule has 0 saturated carbocycles. The molecule has 12 heteroatoms. The van der Waals surface area contributed by atoms with Gasteiger partial charge in [-0.15, -0.1) is 10.2 Å². The van der Waals surface area contributed by atoms with Gasteiger partial charge in [0.15, 0.2) is 11.0 Å². The lowest BCUT2D eigenvalue weighted by Crippen LogP contribution is -2.24. The van der Waals surface area contributed by atoms with Gasteiger partial charge in [0.25, 0.3) is 0 Å². The summed E-state index contributed by atoms with van der Waals surface area (Å²) in [7, 11) is 0.702. The number of rotatable bonds is 7. The van der Waals surface area contributed by atoms with Crippen molar-refractivity contribution in [3.05, 3.63) is 53.3 Å². The quantitative estimate of drug-likeness (QED) is 0.500. The average molecular weight is 498 g/mol. The van der Waals surface area contributed by atoms with Crippen LogP contribution in [0.25, 0.3) is 11.4 Å². The lowest BCUT2D eigenvalue weighted by molar-refractivity contribution is -0.115. The molecule has 1 atom stereocenters. The fourth-order valence-electron chi connectivity index (χ4n) is 2.73. The molecule has 1 N–H and O–H groups in total. The van der Waals surface area contributed by atoms with Crippen LogP contribution in [0.4, 0.5) is 10.1 Å². The van der Waals surface area contributed by atoms with E-state index in [4.69, 9.17) is 11.6 Å². The molecule has 0 fully saturated rings. The van der Waals surface area contributed by atoms with E-state index in [-0.39, 0.29) is 21.5 Å². The predicted octanol–water partition coefficient (Wildman–Crippen LogP) is 3.64. The molecule has 3 aromatic rings. The van der Waals surface area contributed by atoms with Gasteiger partial charge in [-0.2, -0.15) is 0 Å². The highest BCUT2D eigenvalue weighted by atomic mass is 35.5. The van der Waals surface area contributed by atoms with Crippen molar-refractivity contribution in [2.24, 2.45) is 7.05 Å². The molecule has 1 aromatic heterocycles. The van der Waals surface area contributed by atoms with Crippen LogP contribution in [0.5, 0.6) is 0 Å². The van der Waals surface area contributed by atoms with Gasteiger partial charge in [-0.25, -0.2) is 17.1 Å². The van der Waals surface area contributed by atoms with Crippen LogP contribution in [0.1, 0.15) is 6.92 Å². The first-order chi connectivity index (χ1) is 15.0. The van der Waals surface area contributed by atoms with E-state index in [0.717, 1.165) is 16.1 Å². The van der Waals surface area contributed by atoms with Gasteiger partial charge in [-0.3, -0.25) is 4.79 Å². The summed E-state index contributed by atoms with van der Waals surface area (Å²) in [5, 5.41) is 10.7. The van der Waals surface area contributed by atoms with Gasteiger partial charge in [0, 0.05) is 26.8 Å². The van der Waals surface area contributed by atoms with Gasteiger partial charge in [-0.05, 0) is 37.3 Å². The minimum atomic E-state index is -3.77. The maximum absolute atomic E-state index is 14.1. The first-order valence-electron chi connectivity index (χ1n) is 9.36. The van der Waals surface area contributed by atoms with E-state index < -0.39 is 21.1 Å². The lowest BCUT2D eigenvalue weighted by Gasteiger charge is -2.15. The lowest BCUT2D eigenvalue weighted by atomic mass is 10.2. The van der Waals surface area contributed by atoms with Gasteiger partial charge in [0.05, 0.1) is 15.8 Å². The zero-order valence-corrected chi connectivity index (χ0v) is 20.1. The highest BCUT2D eigenvalue weighted by Crippen LogP contribution is 2.29. The van der Waals surface area contributed by atoms with E-state index in [2.05, 4.69) is 15.5 Å². The number of hydrogen-bond acceptors (Lipinski definition) is 6. The number of carbonyl (C=O) groups is 1. The maximum atomic E-state index is 14.1. The zero-order chi connectivity index (χ0) is 23.6. The summed E-state index contributed by atoms with van der Waals surface area (Å²) < 4.78 is 41.6. The van der Waals surface area contributed by atoms with Crippen LogP contribution in [0, 0.1) is 5.82 Å². The second-order valence-corrected chi connectivity index (χ2v) is 10.9. The minimum absolute atomic E-state index is 0.0545. The monoisotopic (exact) mass is 497 g/mol. The SMILES string of the molecule is CC(Sc1nnc(-c2ccccc2F)n1C)C(=O)Nc1ccc(Cl)c(S(=O)(=O)N(C)C)c1. The molecule has 3 rings (SSSR count). The van der Waals surface area contributed by atoms with Gasteiger partial charge in [0.1, 0.15) is 10.7 Å². The highest BCUT2D eigenvalue weighted by molar-refractivity contribution is 8.00. The number of hydrogen-bond donors (Lipinski definition) is 1. The van der Waals surface area contributed by atoms with Crippen molar-refractivity contribution in [1.29, 1.82) is 0 Å². The fourth-order valence-corrected chi connectivity index (χ4v) is 4.93. The molecule has 2 aromatic carbocycles. The third-order valence-corrected chi connectivity index (χ3v) is 7.99. The predicted molar refractivity (Wildman–Crippen MR) is 123 cm³/mol. The Morgan fingerprint density at radius 2 is 1.91 bits per heavy atom. The van der Waals surface area contributed by atoms with Crippen LogP contribution in [-0.4, -0.2) is 52.7 Å². The second-order valence-electron chi connectivity index (χ2n) is 7.03. The van der Waals surface area contributed by atoms with Gasteiger partial charge in [0.2, 0.25) is 15.9 Å². The van der Waals surface area contributed by atoms with Crippen molar-refractivity contribution in [2.45, 2.75) is 22.2 Å². The van der Waals surface area contributed by atoms with E-state index >= 15 is 0 Å². The Morgan fingerprint density at radius 1 is 1.22 bits per heavy atom. The van der Waals surface area contributed by atoms with Gasteiger partial charge < -0.3 is 9.88 Å². The first-order valence-corrected chi connectivity index (χ1v) is 12.1. The number of nitrogens with zero attached hydrogens (tertiary/aromatic N) is 4. The number of anilines is 1. The smallest absolute Gasteiger partial charge is 0.244 e. The van der Waals surface area contributed by atoms with Crippen molar-refractivity contribution in [2.75, 3.05) is 19.4 Å². The molecule has 0 saturated heterocycles. The number of benzene rings is 2. The summed E-state index contributed by atoms with van der Waals surface area (Å²) in [5.41, 5.74) is 0.597. The standard InChI is InChI=1S/C20H21ClFN5O3S2/c1-12(31-20-25-24-18(27(20)4)14-7-5-6-8-16(14)22)19(28)23-13-9-10-15(21)17(11-13)32(29,30)26(2)3/h5-12H,1-4H3,(H,23,28). The number of amides is 1. The Bertz CT molecular complexity index is 1260. The molecule has 1 heterocycles. The molecular weight excluding hydrogens is 477 g/mol. The topological polar surface area (TPSA) is 97.2 Å². The van der Waals surface area contributed by atoms with Crippen molar-refractivity contribution in [3.63, 3.8) is 0 Å². The number of carbonyl (C=O) groups excluding carboxylic acids is 1. The van der Waals surface area contributed by atoms with Crippen LogP contribution in [-0.2, 0) is 21.9 Å². The van der Waals surface area contributed by atoms with E-state index in [1.54, 1.807) is 36.7 Å². The largest absolute Gasteiger partial charge is 0.325 e. The fraction of sp³-hybridized carbons (Fsp3) is 0.250. The number of sulfonamides is 1. The molecule has 0 spiro atoms. The van der Waals surface area contributed by atoms with E-state index in [1.807, 2.05) is 0 Å². The summed E-state index contributed by atoms with van der Waals surface area (Å²) >= 11 is 7.18. The molecule has 0 radical (unpaired) electrons. The van der Waals surface area contributed by atoms with Crippen molar-refractivity contribution < 1.29 is 17.6 Å². The normalized spacial score (nSPS) is 12.7. The minimum Gasteiger partial charge on any atom is -0.325 e. The van der Waals surface area contributed by atoms with Crippen LogP contribution >= 0.6 is 23.4 Å². The molecular formula is C20H21ClFN5O3S2. The summed E-state index contributed by atoms with van der Waals surface area (Å²) in [4.78, 5) is 12.6. The molecule has 8 nitrogen and oxygen atoms in total. The third-order valence-electron chi connectivity index (χ3n) is 4.56. The molecule has 0 aliphatic rings. The second kappa shape index (κ2) is 9.57. The van der Waals surface area contributed by atoms with Crippen LogP contribution in [0.2, 0.25) is 5.02 Å². The van der Waals surface area contributed by atoms with E-state index in [1.165, 1.54) is 38.4 Å². The number of halogens is 2. The molecule has 0 aliphatic heterocycles. The highest BCUT2D eigenvalue weighted by Gasteiger charge is 2.23. The van der Waals surface area contributed by atoms with Crippen molar-refractivity contribution in [3.8, 4) is 11.4 Å². The van der Waals surface area contributed by atoms with Gasteiger partial charge >= 0.3 is 0 Å². The van der Waals surface area contributed by atoms with Crippen LogP contribution < -0.4 is 5.32 Å². The molecule has 1 amide bonds. The Morgan fingerprint density at radius 3 is 2.56 bits per heavy atom.